The smallest absolute Gasteiger partial charge is 0.00533 e. The molecule has 0 bridgehead atoms. The lowest BCUT2D eigenvalue weighted by Crippen LogP contribution is -2.08. The van der Waals surface area contributed by atoms with Crippen molar-refractivity contribution in [3.8, 4) is 11.1 Å². The van der Waals surface area contributed by atoms with Crippen molar-refractivity contribution in [1.29, 1.82) is 0 Å². The quantitative estimate of drug-likeness (QED) is 0.373. The summed E-state index contributed by atoms with van der Waals surface area (Å²) in [5.74, 6) is 0. The Morgan fingerprint density at radius 2 is 0.767 bits per heavy atom. The topological polar surface area (TPSA) is 6.48 Å². The molecule has 0 aliphatic carbocycles. The molecular formula is C28H36N2. The third kappa shape index (κ3) is 6.69. The fourth-order valence-electron chi connectivity index (χ4n) is 2.92. The molecule has 0 aliphatic rings. The second-order valence-electron chi connectivity index (χ2n) is 7.85. The zero-order valence-electron chi connectivity index (χ0n) is 19.4. The predicted molar refractivity (Wildman–Crippen MR) is 135 cm³/mol. The SMILES string of the molecule is CCN(C)C.CCN(C)C.c1ccc2c(-c3cccc4ccccc34)cccc2c1. The summed E-state index contributed by atoms with van der Waals surface area (Å²) in [4.78, 5) is 4.25. The van der Waals surface area contributed by atoms with Gasteiger partial charge in [-0.15, -0.1) is 0 Å². The second-order valence-corrected chi connectivity index (χ2v) is 7.85. The van der Waals surface area contributed by atoms with E-state index in [1.165, 1.54) is 32.7 Å². The van der Waals surface area contributed by atoms with Crippen molar-refractivity contribution in [2.45, 2.75) is 13.8 Å². The normalized spacial score (nSPS) is 10.5. The minimum absolute atomic E-state index is 1.14. The van der Waals surface area contributed by atoms with E-state index in [1.807, 2.05) is 0 Å². The molecule has 0 unspecified atom stereocenters. The van der Waals surface area contributed by atoms with Crippen LogP contribution in [0.2, 0.25) is 0 Å². The highest BCUT2D eigenvalue weighted by Crippen LogP contribution is 2.33. The van der Waals surface area contributed by atoms with Crippen LogP contribution in [0.4, 0.5) is 0 Å². The summed E-state index contributed by atoms with van der Waals surface area (Å²) in [5.41, 5.74) is 2.61. The molecule has 0 spiro atoms. The van der Waals surface area contributed by atoms with E-state index in [0.717, 1.165) is 13.1 Å². The molecule has 0 fully saturated rings. The number of nitrogens with zero attached hydrogens (tertiary/aromatic N) is 2. The summed E-state index contributed by atoms with van der Waals surface area (Å²) in [6.07, 6.45) is 0. The molecule has 0 aliphatic heterocycles. The van der Waals surface area contributed by atoms with Crippen molar-refractivity contribution >= 4 is 21.5 Å². The molecule has 0 heterocycles. The van der Waals surface area contributed by atoms with E-state index >= 15 is 0 Å². The maximum atomic E-state index is 2.21. The Labute approximate surface area is 182 Å². The van der Waals surface area contributed by atoms with Crippen LogP contribution in [0.3, 0.4) is 0 Å². The molecule has 0 aromatic heterocycles. The lowest BCUT2D eigenvalue weighted by molar-refractivity contribution is 0.434. The largest absolute Gasteiger partial charge is 0.310 e. The first-order valence-electron chi connectivity index (χ1n) is 10.7. The van der Waals surface area contributed by atoms with E-state index in [0.29, 0.717) is 0 Å². The van der Waals surface area contributed by atoms with Crippen LogP contribution in [0.5, 0.6) is 0 Å². The molecule has 4 rings (SSSR count). The van der Waals surface area contributed by atoms with Gasteiger partial charge in [0.1, 0.15) is 0 Å². The van der Waals surface area contributed by atoms with Crippen LogP contribution in [-0.4, -0.2) is 51.1 Å². The number of benzene rings is 4. The van der Waals surface area contributed by atoms with Gasteiger partial charge in [-0.05, 0) is 74.0 Å². The number of rotatable bonds is 3. The fraction of sp³-hybridized carbons (Fsp3) is 0.286. The monoisotopic (exact) mass is 400 g/mol. The summed E-state index contributed by atoms with van der Waals surface area (Å²) >= 11 is 0. The van der Waals surface area contributed by atoms with Crippen molar-refractivity contribution in [2.24, 2.45) is 0 Å². The Bertz CT molecular complexity index is 939. The first-order valence-corrected chi connectivity index (χ1v) is 10.7. The number of fused-ring (bicyclic) bond motifs is 2. The Morgan fingerprint density at radius 1 is 0.467 bits per heavy atom. The van der Waals surface area contributed by atoms with Crippen molar-refractivity contribution in [1.82, 2.24) is 9.80 Å². The van der Waals surface area contributed by atoms with Gasteiger partial charge in [0.25, 0.3) is 0 Å². The third-order valence-corrected chi connectivity index (χ3v) is 5.13. The van der Waals surface area contributed by atoms with Crippen LogP contribution in [-0.2, 0) is 0 Å². The van der Waals surface area contributed by atoms with E-state index in [1.54, 1.807) is 0 Å². The van der Waals surface area contributed by atoms with Gasteiger partial charge in [-0.2, -0.15) is 0 Å². The molecule has 0 saturated heterocycles. The Hall–Kier alpha value is -2.68. The Kier molecular flexibility index (Phi) is 9.53. The van der Waals surface area contributed by atoms with Gasteiger partial charge in [-0.3, -0.25) is 0 Å². The van der Waals surface area contributed by atoms with E-state index in [-0.39, 0.29) is 0 Å². The van der Waals surface area contributed by atoms with Gasteiger partial charge < -0.3 is 9.80 Å². The standard InChI is InChI=1S/C20H14.2C4H11N/c1-3-11-17-15(7-1)9-5-13-19(17)20-14-6-10-16-8-2-4-12-18(16)20;2*1-4-5(2)3/h1-14H;2*4H2,1-3H3. The molecule has 0 radical (unpaired) electrons. The second kappa shape index (κ2) is 12.1. The summed E-state index contributed by atoms with van der Waals surface area (Å²) in [6.45, 7) is 6.53. The lowest BCUT2D eigenvalue weighted by atomic mass is 9.94. The molecule has 0 N–H and O–H groups in total. The molecule has 158 valence electrons. The van der Waals surface area contributed by atoms with Crippen molar-refractivity contribution in [2.75, 3.05) is 41.3 Å². The Balaban J connectivity index is 0.000000271. The van der Waals surface area contributed by atoms with Crippen LogP contribution in [0, 0.1) is 0 Å². The van der Waals surface area contributed by atoms with E-state index in [2.05, 4.69) is 137 Å². The maximum absolute atomic E-state index is 2.21. The Morgan fingerprint density at radius 3 is 1.10 bits per heavy atom. The molecule has 0 saturated carbocycles. The number of hydrogen-bond acceptors (Lipinski definition) is 2. The molecule has 0 atom stereocenters. The molecule has 30 heavy (non-hydrogen) atoms. The van der Waals surface area contributed by atoms with Crippen LogP contribution < -0.4 is 0 Å². The van der Waals surface area contributed by atoms with Crippen LogP contribution in [0.25, 0.3) is 32.7 Å². The van der Waals surface area contributed by atoms with Crippen LogP contribution in [0.15, 0.2) is 84.9 Å². The minimum Gasteiger partial charge on any atom is -0.310 e. The van der Waals surface area contributed by atoms with Crippen molar-refractivity contribution in [3.63, 3.8) is 0 Å². The highest BCUT2D eigenvalue weighted by atomic mass is 15.0. The van der Waals surface area contributed by atoms with Gasteiger partial charge >= 0.3 is 0 Å². The van der Waals surface area contributed by atoms with Gasteiger partial charge in [0, 0.05) is 0 Å². The fourth-order valence-corrected chi connectivity index (χ4v) is 2.92. The van der Waals surface area contributed by atoms with Gasteiger partial charge in [0.05, 0.1) is 0 Å². The summed E-state index contributed by atoms with van der Waals surface area (Å²) in [5, 5.41) is 5.20. The zero-order chi connectivity index (χ0) is 21.9. The molecule has 2 heteroatoms. The molecule has 2 nitrogen and oxygen atoms in total. The van der Waals surface area contributed by atoms with Crippen molar-refractivity contribution in [3.05, 3.63) is 84.9 Å². The van der Waals surface area contributed by atoms with Crippen LogP contribution >= 0.6 is 0 Å². The van der Waals surface area contributed by atoms with E-state index in [9.17, 15) is 0 Å². The number of hydrogen-bond donors (Lipinski definition) is 0. The summed E-state index contributed by atoms with van der Waals surface area (Å²) < 4.78 is 0. The van der Waals surface area contributed by atoms with Gasteiger partial charge in [0.2, 0.25) is 0 Å². The van der Waals surface area contributed by atoms with Crippen molar-refractivity contribution < 1.29 is 0 Å². The molecular weight excluding hydrogens is 364 g/mol. The first kappa shape index (κ1) is 23.6. The average Bonchev–Trinajstić information content (AvgIpc) is 2.79. The van der Waals surface area contributed by atoms with Gasteiger partial charge in [-0.25, -0.2) is 0 Å². The average molecular weight is 401 g/mol. The zero-order valence-corrected chi connectivity index (χ0v) is 19.4. The van der Waals surface area contributed by atoms with Crippen LogP contribution in [0.1, 0.15) is 13.8 Å². The summed E-state index contributed by atoms with van der Waals surface area (Å²) in [6, 6.07) is 30.2. The van der Waals surface area contributed by atoms with Gasteiger partial charge in [0.15, 0.2) is 0 Å². The van der Waals surface area contributed by atoms with E-state index < -0.39 is 0 Å². The third-order valence-electron chi connectivity index (χ3n) is 5.13. The highest BCUT2D eigenvalue weighted by Gasteiger charge is 2.06. The first-order chi connectivity index (χ1) is 14.5. The van der Waals surface area contributed by atoms with Gasteiger partial charge in [-0.1, -0.05) is 98.8 Å². The molecule has 0 amide bonds. The highest BCUT2D eigenvalue weighted by molar-refractivity contribution is 6.05. The maximum Gasteiger partial charge on any atom is -0.00533 e. The summed E-state index contributed by atoms with van der Waals surface area (Å²) in [7, 11) is 8.22. The minimum atomic E-state index is 1.14. The predicted octanol–water partition coefficient (Wildman–Crippen LogP) is 6.80. The lowest BCUT2D eigenvalue weighted by Gasteiger charge is -2.10. The van der Waals surface area contributed by atoms with E-state index in [4.69, 9.17) is 0 Å². The molecule has 4 aromatic carbocycles. The molecule has 4 aromatic rings.